The van der Waals surface area contributed by atoms with Gasteiger partial charge in [0.15, 0.2) is 6.23 Å². The fourth-order valence-corrected chi connectivity index (χ4v) is 2.23. The molecule has 1 aliphatic carbocycles. The van der Waals surface area contributed by atoms with E-state index < -0.39 is 36.8 Å². The molecule has 0 bridgehead atoms. The third-order valence-electron chi connectivity index (χ3n) is 3.55. The molecule has 1 aliphatic heterocycles. The Bertz CT molecular complexity index is 544. The number of ether oxygens (including phenoxy) is 1. The number of anilines is 1. The standard InChI is InChI=1S/C12H17N3O5/c16-5-7-9(17)10(18)11(20-7)15-4-3-8(14-12(15)19)13-6-1-2-6/h3-4,6-7,9-11,16-18H,1-2,5H2,(H,13,14,19)/t7-,9-,10-,11-/m1/s1. The van der Waals surface area contributed by atoms with Crippen LogP contribution in [0.2, 0.25) is 0 Å². The molecule has 20 heavy (non-hydrogen) atoms. The van der Waals surface area contributed by atoms with Crippen molar-refractivity contribution >= 4 is 5.82 Å². The van der Waals surface area contributed by atoms with Crippen molar-refractivity contribution in [2.24, 2.45) is 0 Å². The summed E-state index contributed by atoms with van der Waals surface area (Å²) in [7, 11) is 0. The summed E-state index contributed by atoms with van der Waals surface area (Å²) < 4.78 is 6.40. The summed E-state index contributed by atoms with van der Waals surface area (Å²) >= 11 is 0. The van der Waals surface area contributed by atoms with Gasteiger partial charge in [-0.15, -0.1) is 0 Å². The molecule has 0 aromatic carbocycles. The number of hydrogen-bond acceptors (Lipinski definition) is 7. The van der Waals surface area contributed by atoms with Crippen LogP contribution in [0.1, 0.15) is 19.1 Å². The summed E-state index contributed by atoms with van der Waals surface area (Å²) in [5.74, 6) is 0.487. The molecule has 4 atom stereocenters. The van der Waals surface area contributed by atoms with Crippen LogP contribution in [0.25, 0.3) is 0 Å². The van der Waals surface area contributed by atoms with Gasteiger partial charge in [-0.2, -0.15) is 4.98 Å². The maximum atomic E-state index is 12.0. The topological polar surface area (TPSA) is 117 Å². The van der Waals surface area contributed by atoms with Crippen LogP contribution >= 0.6 is 0 Å². The molecule has 1 aromatic heterocycles. The highest BCUT2D eigenvalue weighted by Crippen LogP contribution is 2.28. The number of hydrogen-bond donors (Lipinski definition) is 4. The maximum Gasteiger partial charge on any atom is 0.351 e. The van der Waals surface area contributed by atoms with Crippen LogP contribution in [0.4, 0.5) is 5.82 Å². The van der Waals surface area contributed by atoms with Crippen LogP contribution in [0.15, 0.2) is 17.1 Å². The fraction of sp³-hybridized carbons (Fsp3) is 0.667. The van der Waals surface area contributed by atoms with Gasteiger partial charge in [0.2, 0.25) is 0 Å². The van der Waals surface area contributed by atoms with Crippen molar-refractivity contribution in [3.05, 3.63) is 22.7 Å². The third-order valence-corrected chi connectivity index (χ3v) is 3.55. The lowest BCUT2D eigenvalue weighted by Crippen LogP contribution is -2.36. The van der Waals surface area contributed by atoms with Crippen LogP contribution in [0.3, 0.4) is 0 Å². The average Bonchev–Trinajstić information content (AvgIpc) is 3.19. The molecule has 2 aliphatic rings. The molecule has 110 valence electrons. The van der Waals surface area contributed by atoms with Gasteiger partial charge >= 0.3 is 5.69 Å². The monoisotopic (exact) mass is 283 g/mol. The Morgan fingerprint density at radius 1 is 1.40 bits per heavy atom. The Morgan fingerprint density at radius 2 is 2.15 bits per heavy atom. The predicted octanol–water partition coefficient (Wildman–Crippen LogP) is -1.57. The molecule has 1 aromatic rings. The van der Waals surface area contributed by atoms with Gasteiger partial charge in [0.25, 0.3) is 0 Å². The Balaban J connectivity index is 1.81. The van der Waals surface area contributed by atoms with Crippen LogP contribution < -0.4 is 11.0 Å². The average molecular weight is 283 g/mol. The number of aromatic nitrogens is 2. The Labute approximate surface area is 114 Å². The van der Waals surface area contributed by atoms with Gasteiger partial charge in [0.1, 0.15) is 24.1 Å². The van der Waals surface area contributed by atoms with Crippen molar-refractivity contribution in [3.63, 3.8) is 0 Å². The zero-order valence-electron chi connectivity index (χ0n) is 10.7. The highest BCUT2D eigenvalue weighted by molar-refractivity contribution is 5.35. The van der Waals surface area contributed by atoms with E-state index in [1.807, 2.05) is 0 Å². The lowest BCUT2D eigenvalue weighted by molar-refractivity contribution is -0.0549. The van der Waals surface area contributed by atoms with Gasteiger partial charge in [-0.25, -0.2) is 4.79 Å². The minimum atomic E-state index is -1.28. The smallest absolute Gasteiger partial charge is 0.351 e. The first-order valence-electron chi connectivity index (χ1n) is 6.58. The normalized spacial score (nSPS) is 33.4. The summed E-state index contributed by atoms with van der Waals surface area (Å²) in [4.78, 5) is 15.8. The second-order valence-corrected chi connectivity index (χ2v) is 5.15. The third kappa shape index (κ3) is 2.42. The van der Waals surface area contributed by atoms with Gasteiger partial charge in [0.05, 0.1) is 6.61 Å². The molecule has 0 unspecified atom stereocenters. The quantitative estimate of drug-likeness (QED) is 0.527. The highest BCUT2D eigenvalue weighted by Gasteiger charge is 2.43. The van der Waals surface area contributed by atoms with Crippen molar-refractivity contribution in [2.45, 2.75) is 43.4 Å². The van der Waals surface area contributed by atoms with Crippen molar-refractivity contribution in [2.75, 3.05) is 11.9 Å². The molecule has 0 spiro atoms. The summed E-state index contributed by atoms with van der Waals surface area (Å²) in [6.07, 6.45) is -0.877. The number of nitrogens with one attached hydrogen (secondary N) is 1. The van der Waals surface area contributed by atoms with E-state index >= 15 is 0 Å². The minimum Gasteiger partial charge on any atom is -0.394 e. The zero-order chi connectivity index (χ0) is 14.3. The first kappa shape index (κ1) is 13.5. The molecule has 2 fully saturated rings. The number of aliphatic hydroxyl groups excluding tert-OH is 3. The fourth-order valence-electron chi connectivity index (χ4n) is 2.23. The van der Waals surface area contributed by atoms with Gasteiger partial charge in [-0.1, -0.05) is 0 Å². The van der Waals surface area contributed by atoms with Crippen LogP contribution in [-0.2, 0) is 4.74 Å². The van der Waals surface area contributed by atoms with Crippen LogP contribution in [-0.4, -0.2) is 55.8 Å². The van der Waals surface area contributed by atoms with E-state index in [0.717, 1.165) is 17.4 Å². The summed E-state index contributed by atoms with van der Waals surface area (Å²) in [6.45, 7) is -0.432. The minimum absolute atomic E-state index is 0.381. The second kappa shape index (κ2) is 5.13. The van der Waals surface area contributed by atoms with Gasteiger partial charge in [-0.05, 0) is 18.9 Å². The van der Waals surface area contributed by atoms with Gasteiger partial charge in [0, 0.05) is 12.2 Å². The molecule has 4 N–H and O–H groups in total. The van der Waals surface area contributed by atoms with Crippen molar-refractivity contribution in [1.82, 2.24) is 9.55 Å². The summed E-state index contributed by atoms with van der Waals surface area (Å²) in [6, 6.07) is 2.00. The van der Waals surface area contributed by atoms with E-state index in [4.69, 9.17) is 9.84 Å². The summed E-state index contributed by atoms with van der Waals surface area (Å²) in [5.41, 5.74) is -0.578. The van der Waals surface area contributed by atoms with E-state index in [1.54, 1.807) is 6.07 Å². The molecular formula is C12H17N3O5. The Hall–Kier alpha value is -1.48. The molecule has 0 radical (unpaired) electrons. The molecule has 0 amide bonds. The molecule has 2 heterocycles. The number of aliphatic hydroxyl groups is 3. The van der Waals surface area contributed by atoms with Crippen LogP contribution in [0.5, 0.6) is 0 Å². The first-order valence-corrected chi connectivity index (χ1v) is 6.58. The largest absolute Gasteiger partial charge is 0.394 e. The Morgan fingerprint density at radius 3 is 2.70 bits per heavy atom. The lowest BCUT2D eigenvalue weighted by atomic mass is 10.1. The number of rotatable bonds is 4. The molecule has 8 nitrogen and oxygen atoms in total. The second-order valence-electron chi connectivity index (χ2n) is 5.15. The number of nitrogens with zero attached hydrogens (tertiary/aromatic N) is 2. The van der Waals surface area contributed by atoms with E-state index in [9.17, 15) is 15.0 Å². The predicted molar refractivity (Wildman–Crippen MR) is 68.2 cm³/mol. The van der Waals surface area contributed by atoms with Crippen molar-refractivity contribution in [1.29, 1.82) is 0 Å². The Kier molecular flexibility index (Phi) is 3.47. The molecule has 8 heteroatoms. The lowest BCUT2D eigenvalue weighted by Gasteiger charge is -2.17. The van der Waals surface area contributed by atoms with E-state index in [0.29, 0.717) is 11.9 Å². The maximum absolute atomic E-state index is 12.0. The molecule has 1 saturated heterocycles. The van der Waals surface area contributed by atoms with E-state index in [2.05, 4.69) is 10.3 Å². The SMILES string of the molecule is O=c1nc(NC2CC2)ccn1[C@@H]1O[C@H](CO)[C@@H](O)[C@H]1O. The molecule has 1 saturated carbocycles. The van der Waals surface area contributed by atoms with Gasteiger partial charge in [-0.3, -0.25) is 4.57 Å². The van der Waals surface area contributed by atoms with Crippen molar-refractivity contribution < 1.29 is 20.1 Å². The zero-order valence-corrected chi connectivity index (χ0v) is 10.7. The van der Waals surface area contributed by atoms with Gasteiger partial charge < -0.3 is 25.4 Å². The molecule has 3 rings (SSSR count). The van der Waals surface area contributed by atoms with E-state index in [-0.39, 0.29) is 0 Å². The molecular weight excluding hydrogens is 266 g/mol. The summed E-state index contributed by atoms with van der Waals surface area (Å²) in [5, 5.41) is 31.7. The van der Waals surface area contributed by atoms with Crippen molar-refractivity contribution in [3.8, 4) is 0 Å². The highest BCUT2D eigenvalue weighted by atomic mass is 16.6. The van der Waals surface area contributed by atoms with E-state index in [1.165, 1.54) is 6.20 Å². The first-order chi connectivity index (χ1) is 9.60. The van der Waals surface area contributed by atoms with Crippen LogP contribution in [0, 0.1) is 0 Å².